The maximum absolute atomic E-state index is 12.3. The summed E-state index contributed by atoms with van der Waals surface area (Å²) in [5.41, 5.74) is -0.181. The SMILES string of the molecule is CC(C)(C)Nc1cc(C(F)F)ccn1. The zero-order valence-electron chi connectivity index (χ0n) is 8.51. The van der Waals surface area contributed by atoms with Crippen molar-refractivity contribution in [3.63, 3.8) is 0 Å². The molecule has 4 heteroatoms. The summed E-state index contributed by atoms with van der Waals surface area (Å²) in [4.78, 5) is 3.96. The molecule has 0 bridgehead atoms. The van der Waals surface area contributed by atoms with Crippen LogP contribution in [0, 0.1) is 0 Å². The fourth-order valence-corrected chi connectivity index (χ4v) is 1.04. The van der Waals surface area contributed by atoms with Crippen LogP contribution >= 0.6 is 0 Å². The Morgan fingerprint density at radius 1 is 1.36 bits per heavy atom. The van der Waals surface area contributed by atoms with E-state index in [0.29, 0.717) is 5.82 Å². The van der Waals surface area contributed by atoms with Crippen LogP contribution in [0.5, 0.6) is 0 Å². The molecule has 0 saturated heterocycles. The summed E-state index contributed by atoms with van der Waals surface area (Å²) in [6.45, 7) is 5.84. The predicted octanol–water partition coefficient (Wildman–Crippen LogP) is 3.23. The maximum Gasteiger partial charge on any atom is 0.264 e. The fourth-order valence-electron chi connectivity index (χ4n) is 1.04. The average molecular weight is 200 g/mol. The first-order chi connectivity index (χ1) is 6.38. The quantitative estimate of drug-likeness (QED) is 0.792. The van der Waals surface area contributed by atoms with Crippen molar-refractivity contribution in [2.24, 2.45) is 0 Å². The second-order valence-corrected chi connectivity index (χ2v) is 4.15. The van der Waals surface area contributed by atoms with Gasteiger partial charge in [-0.2, -0.15) is 0 Å². The van der Waals surface area contributed by atoms with Gasteiger partial charge < -0.3 is 5.32 Å². The molecule has 0 saturated carbocycles. The molecule has 0 amide bonds. The molecule has 1 aromatic heterocycles. The molecule has 78 valence electrons. The Labute approximate surface area is 82.4 Å². The molecule has 0 aliphatic rings. The van der Waals surface area contributed by atoms with Gasteiger partial charge in [-0.3, -0.25) is 0 Å². The summed E-state index contributed by atoms with van der Waals surface area (Å²) in [6, 6.07) is 2.69. The highest BCUT2D eigenvalue weighted by Crippen LogP contribution is 2.21. The number of pyridine rings is 1. The van der Waals surface area contributed by atoms with Gasteiger partial charge in [0.05, 0.1) is 0 Å². The molecule has 1 heterocycles. The predicted molar refractivity (Wildman–Crippen MR) is 52.6 cm³/mol. The Balaban J connectivity index is 2.84. The largest absolute Gasteiger partial charge is 0.365 e. The number of anilines is 1. The van der Waals surface area contributed by atoms with E-state index in [1.807, 2.05) is 20.8 Å². The second-order valence-electron chi connectivity index (χ2n) is 4.15. The molecule has 0 aliphatic heterocycles. The van der Waals surface area contributed by atoms with Crippen LogP contribution in [0.1, 0.15) is 32.8 Å². The Morgan fingerprint density at radius 3 is 2.50 bits per heavy atom. The molecule has 1 aromatic rings. The van der Waals surface area contributed by atoms with Crippen LogP contribution in [0.4, 0.5) is 14.6 Å². The third kappa shape index (κ3) is 3.28. The van der Waals surface area contributed by atoms with Gasteiger partial charge in [-0.25, -0.2) is 13.8 Å². The Kier molecular flexibility index (Phi) is 3.03. The van der Waals surface area contributed by atoms with E-state index >= 15 is 0 Å². The lowest BCUT2D eigenvalue weighted by Gasteiger charge is -2.21. The lowest BCUT2D eigenvalue weighted by molar-refractivity contribution is 0.151. The van der Waals surface area contributed by atoms with Crippen LogP contribution in [-0.2, 0) is 0 Å². The molecule has 0 fully saturated rings. The molecule has 2 nitrogen and oxygen atoms in total. The van der Waals surface area contributed by atoms with Crippen molar-refractivity contribution >= 4 is 5.82 Å². The lowest BCUT2D eigenvalue weighted by Crippen LogP contribution is -2.26. The molecular weight excluding hydrogens is 186 g/mol. The summed E-state index contributed by atoms with van der Waals surface area (Å²) >= 11 is 0. The van der Waals surface area contributed by atoms with Crippen LogP contribution in [0.3, 0.4) is 0 Å². The molecule has 1 N–H and O–H groups in total. The smallest absolute Gasteiger partial charge is 0.264 e. The summed E-state index contributed by atoms with van der Waals surface area (Å²) in [5, 5.41) is 3.03. The number of alkyl halides is 2. The third-order valence-electron chi connectivity index (χ3n) is 1.54. The number of rotatable bonds is 2. The number of nitrogens with one attached hydrogen (secondary N) is 1. The number of halogens is 2. The normalized spacial score (nSPS) is 11.9. The van der Waals surface area contributed by atoms with E-state index in [0.717, 1.165) is 0 Å². The molecule has 0 spiro atoms. The first kappa shape index (κ1) is 10.9. The van der Waals surface area contributed by atoms with Gasteiger partial charge in [-0.05, 0) is 32.9 Å². The van der Waals surface area contributed by atoms with E-state index in [4.69, 9.17) is 0 Å². The van der Waals surface area contributed by atoms with E-state index in [1.165, 1.54) is 18.3 Å². The Hall–Kier alpha value is -1.19. The molecular formula is C10H14F2N2. The maximum atomic E-state index is 12.3. The van der Waals surface area contributed by atoms with Crippen molar-refractivity contribution in [3.05, 3.63) is 23.9 Å². The van der Waals surface area contributed by atoms with E-state index in [9.17, 15) is 8.78 Å². The van der Waals surface area contributed by atoms with Crippen molar-refractivity contribution in [1.29, 1.82) is 0 Å². The Morgan fingerprint density at radius 2 is 2.00 bits per heavy atom. The topological polar surface area (TPSA) is 24.9 Å². The van der Waals surface area contributed by atoms with Crippen LogP contribution in [0.25, 0.3) is 0 Å². The summed E-state index contributed by atoms with van der Waals surface area (Å²) in [7, 11) is 0. The van der Waals surface area contributed by atoms with E-state index in [-0.39, 0.29) is 11.1 Å². The molecule has 0 aromatic carbocycles. The number of aromatic nitrogens is 1. The summed E-state index contributed by atoms with van der Waals surface area (Å²) in [5.74, 6) is 0.482. The molecule has 0 radical (unpaired) electrons. The summed E-state index contributed by atoms with van der Waals surface area (Å²) in [6.07, 6.45) is -1.06. The highest BCUT2D eigenvalue weighted by Gasteiger charge is 2.12. The van der Waals surface area contributed by atoms with Crippen molar-refractivity contribution < 1.29 is 8.78 Å². The van der Waals surface area contributed by atoms with Crippen LogP contribution in [-0.4, -0.2) is 10.5 Å². The molecule has 0 atom stereocenters. The van der Waals surface area contributed by atoms with Gasteiger partial charge in [-0.1, -0.05) is 0 Å². The van der Waals surface area contributed by atoms with Crippen molar-refractivity contribution in [2.75, 3.05) is 5.32 Å². The van der Waals surface area contributed by atoms with Crippen molar-refractivity contribution in [3.8, 4) is 0 Å². The van der Waals surface area contributed by atoms with Crippen LogP contribution in [0.15, 0.2) is 18.3 Å². The monoisotopic (exact) mass is 200 g/mol. The van der Waals surface area contributed by atoms with Gasteiger partial charge in [0.25, 0.3) is 6.43 Å². The van der Waals surface area contributed by atoms with Crippen LogP contribution < -0.4 is 5.32 Å². The van der Waals surface area contributed by atoms with Gasteiger partial charge in [0, 0.05) is 17.3 Å². The first-order valence-electron chi connectivity index (χ1n) is 4.41. The van der Waals surface area contributed by atoms with Gasteiger partial charge >= 0.3 is 0 Å². The number of nitrogens with zero attached hydrogens (tertiary/aromatic N) is 1. The minimum absolute atomic E-state index is 0.00764. The first-order valence-corrected chi connectivity index (χ1v) is 4.41. The van der Waals surface area contributed by atoms with E-state index < -0.39 is 6.43 Å². The van der Waals surface area contributed by atoms with Crippen molar-refractivity contribution in [2.45, 2.75) is 32.7 Å². The lowest BCUT2D eigenvalue weighted by atomic mass is 10.1. The standard InChI is InChI=1S/C10H14F2N2/c1-10(2,3)14-8-6-7(9(11)12)4-5-13-8/h4-6,9H,1-3H3,(H,13,14). The minimum atomic E-state index is -2.45. The van der Waals surface area contributed by atoms with Gasteiger partial charge in [0.15, 0.2) is 0 Å². The highest BCUT2D eigenvalue weighted by molar-refractivity contribution is 5.39. The average Bonchev–Trinajstić information content (AvgIpc) is 2.01. The number of hydrogen-bond acceptors (Lipinski definition) is 2. The van der Waals surface area contributed by atoms with Gasteiger partial charge in [0.2, 0.25) is 0 Å². The zero-order chi connectivity index (χ0) is 10.8. The molecule has 14 heavy (non-hydrogen) atoms. The van der Waals surface area contributed by atoms with Gasteiger partial charge in [-0.15, -0.1) is 0 Å². The summed E-state index contributed by atoms with van der Waals surface area (Å²) < 4.78 is 24.6. The third-order valence-corrected chi connectivity index (χ3v) is 1.54. The van der Waals surface area contributed by atoms with E-state index in [1.54, 1.807) is 0 Å². The second kappa shape index (κ2) is 3.90. The molecule has 0 aliphatic carbocycles. The van der Waals surface area contributed by atoms with Gasteiger partial charge in [0.1, 0.15) is 5.82 Å². The fraction of sp³-hybridized carbons (Fsp3) is 0.500. The molecule has 0 unspecified atom stereocenters. The Bertz CT molecular complexity index is 305. The molecule has 1 rings (SSSR count). The van der Waals surface area contributed by atoms with Crippen LogP contribution in [0.2, 0.25) is 0 Å². The number of hydrogen-bond donors (Lipinski definition) is 1. The zero-order valence-corrected chi connectivity index (χ0v) is 8.51. The minimum Gasteiger partial charge on any atom is -0.365 e. The van der Waals surface area contributed by atoms with Crippen molar-refractivity contribution in [1.82, 2.24) is 4.98 Å². The van der Waals surface area contributed by atoms with E-state index in [2.05, 4.69) is 10.3 Å². The highest BCUT2D eigenvalue weighted by atomic mass is 19.3.